The van der Waals surface area contributed by atoms with E-state index >= 15 is 0 Å². The molecule has 2 aromatic carbocycles. The molecule has 3 rings (SSSR count). The summed E-state index contributed by atoms with van der Waals surface area (Å²) < 4.78 is 11.3. The van der Waals surface area contributed by atoms with E-state index in [9.17, 15) is 0 Å². The summed E-state index contributed by atoms with van der Waals surface area (Å²) in [5, 5.41) is 0. The van der Waals surface area contributed by atoms with Crippen LogP contribution in [0.3, 0.4) is 0 Å². The van der Waals surface area contributed by atoms with Crippen LogP contribution in [0, 0.1) is 6.92 Å². The molecule has 0 aliphatic carbocycles. The van der Waals surface area contributed by atoms with E-state index in [1.165, 1.54) is 0 Å². The van der Waals surface area contributed by atoms with Gasteiger partial charge in [-0.25, -0.2) is 0 Å². The Morgan fingerprint density at radius 3 is 1.80 bits per heavy atom. The summed E-state index contributed by atoms with van der Waals surface area (Å²) in [7, 11) is 0. The molecule has 0 aliphatic rings. The highest BCUT2D eigenvalue weighted by atomic mass is 16.5. The third-order valence-corrected chi connectivity index (χ3v) is 3.15. The van der Waals surface area contributed by atoms with Crippen molar-refractivity contribution in [3.05, 3.63) is 96.8 Å². The molecule has 0 fully saturated rings. The Morgan fingerprint density at radius 1 is 0.800 bits per heavy atom. The Labute approximate surface area is 118 Å². The van der Waals surface area contributed by atoms with Gasteiger partial charge in [0.1, 0.15) is 11.9 Å². The molecule has 2 nitrogen and oxygen atoms in total. The van der Waals surface area contributed by atoms with Gasteiger partial charge in [0.05, 0.1) is 6.26 Å². The fourth-order valence-corrected chi connectivity index (χ4v) is 2.15. The number of hydrogen-bond donors (Lipinski definition) is 0. The Balaban J connectivity index is 1.98. The van der Waals surface area contributed by atoms with Gasteiger partial charge in [-0.3, -0.25) is 0 Å². The molecule has 0 aliphatic heterocycles. The van der Waals surface area contributed by atoms with Crippen LogP contribution in [0.4, 0.5) is 0 Å². The molecular weight excluding hydrogens is 248 g/mol. The normalized spacial score (nSPS) is 10.7. The second kappa shape index (κ2) is 5.66. The van der Waals surface area contributed by atoms with Gasteiger partial charge in [0.25, 0.3) is 0 Å². The van der Waals surface area contributed by atoms with Crippen molar-refractivity contribution in [2.75, 3.05) is 0 Å². The number of ether oxygens (including phenoxy) is 1. The Kier molecular flexibility index (Phi) is 3.55. The van der Waals surface area contributed by atoms with E-state index in [1.807, 2.05) is 36.4 Å². The lowest BCUT2D eigenvalue weighted by molar-refractivity contribution is 0.243. The maximum Gasteiger partial charge on any atom is 0.162 e. The van der Waals surface area contributed by atoms with Crippen molar-refractivity contribution < 1.29 is 9.15 Å². The molecule has 1 heterocycles. The molecule has 20 heavy (non-hydrogen) atoms. The number of hydrogen-bond acceptors (Lipinski definition) is 2. The largest absolute Gasteiger partial charge is 0.477 e. The van der Waals surface area contributed by atoms with Crippen LogP contribution in [0.2, 0.25) is 0 Å². The Hall–Kier alpha value is -2.48. The predicted molar refractivity (Wildman–Crippen MR) is 78.5 cm³/mol. The fourth-order valence-electron chi connectivity index (χ4n) is 2.15. The lowest BCUT2D eigenvalue weighted by atomic mass is 10.0. The van der Waals surface area contributed by atoms with E-state index in [1.54, 1.807) is 12.3 Å². The van der Waals surface area contributed by atoms with Gasteiger partial charge in [0.15, 0.2) is 5.75 Å². The van der Waals surface area contributed by atoms with Crippen molar-refractivity contribution in [3.8, 4) is 5.75 Å². The standard InChI is InChI=1S/C18H15O2/c1-14-17(12-13-19-14)20-18(15-8-4-2-5-9-15)16-10-6-3-7-11-16/h2-13,18H,1H2. The van der Waals surface area contributed by atoms with Gasteiger partial charge in [0, 0.05) is 13.0 Å². The molecule has 99 valence electrons. The summed E-state index contributed by atoms with van der Waals surface area (Å²) in [6.45, 7) is 3.83. The molecule has 0 unspecified atom stereocenters. The highest BCUT2D eigenvalue weighted by molar-refractivity contribution is 5.34. The van der Waals surface area contributed by atoms with Crippen molar-refractivity contribution in [3.63, 3.8) is 0 Å². The maximum absolute atomic E-state index is 6.10. The van der Waals surface area contributed by atoms with Crippen LogP contribution in [0.5, 0.6) is 5.75 Å². The molecule has 0 atom stereocenters. The van der Waals surface area contributed by atoms with Gasteiger partial charge in [-0.05, 0) is 11.1 Å². The van der Waals surface area contributed by atoms with E-state index in [0.29, 0.717) is 11.5 Å². The molecule has 0 spiro atoms. The van der Waals surface area contributed by atoms with E-state index in [4.69, 9.17) is 9.15 Å². The molecule has 1 radical (unpaired) electrons. The minimum absolute atomic E-state index is 0.171. The first-order valence-electron chi connectivity index (χ1n) is 6.50. The van der Waals surface area contributed by atoms with Crippen LogP contribution in [0.15, 0.2) is 77.4 Å². The summed E-state index contributed by atoms with van der Waals surface area (Å²) in [4.78, 5) is 0. The SMILES string of the molecule is [CH2]c1occc1OC(c1ccccc1)c1ccccc1. The maximum atomic E-state index is 6.10. The Morgan fingerprint density at radius 2 is 1.35 bits per heavy atom. The molecule has 0 bridgehead atoms. The van der Waals surface area contributed by atoms with Crippen LogP contribution >= 0.6 is 0 Å². The van der Waals surface area contributed by atoms with Gasteiger partial charge in [-0.15, -0.1) is 0 Å². The molecule has 0 N–H and O–H groups in total. The molecule has 0 saturated carbocycles. The average Bonchev–Trinajstić information content (AvgIpc) is 2.92. The monoisotopic (exact) mass is 263 g/mol. The van der Waals surface area contributed by atoms with E-state index in [-0.39, 0.29) is 6.10 Å². The van der Waals surface area contributed by atoms with E-state index in [2.05, 4.69) is 31.2 Å². The van der Waals surface area contributed by atoms with Gasteiger partial charge in [0.2, 0.25) is 0 Å². The molecule has 0 amide bonds. The van der Waals surface area contributed by atoms with Crippen LogP contribution in [0.25, 0.3) is 0 Å². The van der Waals surface area contributed by atoms with Crippen LogP contribution in [0.1, 0.15) is 23.0 Å². The van der Waals surface area contributed by atoms with Gasteiger partial charge in [-0.2, -0.15) is 0 Å². The molecule has 2 heteroatoms. The quantitative estimate of drug-likeness (QED) is 0.684. The molecule has 3 aromatic rings. The Bertz CT molecular complexity index is 617. The topological polar surface area (TPSA) is 22.4 Å². The summed E-state index contributed by atoms with van der Waals surface area (Å²) in [5.74, 6) is 1.21. The van der Waals surface area contributed by atoms with Crippen molar-refractivity contribution in [2.24, 2.45) is 0 Å². The second-order valence-corrected chi connectivity index (χ2v) is 4.53. The van der Waals surface area contributed by atoms with Crippen molar-refractivity contribution in [1.29, 1.82) is 0 Å². The first-order chi connectivity index (χ1) is 9.84. The zero-order valence-corrected chi connectivity index (χ0v) is 11.0. The smallest absolute Gasteiger partial charge is 0.162 e. The lowest BCUT2D eigenvalue weighted by Crippen LogP contribution is -2.09. The summed E-state index contributed by atoms with van der Waals surface area (Å²) in [6, 6.07) is 22.0. The molecule has 1 aromatic heterocycles. The second-order valence-electron chi connectivity index (χ2n) is 4.53. The van der Waals surface area contributed by atoms with Crippen molar-refractivity contribution in [2.45, 2.75) is 6.10 Å². The first-order valence-corrected chi connectivity index (χ1v) is 6.50. The zero-order valence-electron chi connectivity index (χ0n) is 11.0. The first kappa shape index (κ1) is 12.5. The van der Waals surface area contributed by atoms with Gasteiger partial charge < -0.3 is 9.15 Å². The lowest BCUT2D eigenvalue weighted by Gasteiger charge is -2.19. The average molecular weight is 263 g/mol. The zero-order chi connectivity index (χ0) is 13.8. The third kappa shape index (κ3) is 2.59. The van der Waals surface area contributed by atoms with Crippen molar-refractivity contribution >= 4 is 0 Å². The number of rotatable bonds is 4. The highest BCUT2D eigenvalue weighted by Crippen LogP contribution is 2.30. The summed E-state index contributed by atoms with van der Waals surface area (Å²) >= 11 is 0. The summed E-state index contributed by atoms with van der Waals surface area (Å²) in [6.07, 6.45) is 1.42. The van der Waals surface area contributed by atoms with Crippen LogP contribution < -0.4 is 4.74 Å². The third-order valence-electron chi connectivity index (χ3n) is 3.15. The summed E-state index contributed by atoms with van der Waals surface area (Å²) in [5.41, 5.74) is 2.19. The predicted octanol–water partition coefficient (Wildman–Crippen LogP) is 4.63. The van der Waals surface area contributed by atoms with Crippen molar-refractivity contribution in [1.82, 2.24) is 0 Å². The van der Waals surface area contributed by atoms with Crippen LogP contribution in [-0.4, -0.2) is 0 Å². The van der Waals surface area contributed by atoms with Gasteiger partial charge >= 0.3 is 0 Å². The minimum Gasteiger partial charge on any atom is -0.477 e. The van der Waals surface area contributed by atoms with E-state index < -0.39 is 0 Å². The number of furan rings is 1. The minimum atomic E-state index is -0.171. The molecule has 0 saturated heterocycles. The molecular formula is C18H15O2. The number of benzene rings is 2. The van der Waals surface area contributed by atoms with Gasteiger partial charge in [-0.1, -0.05) is 60.7 Å². The fraction of sp³-hybridized carbons (Fsp3) is 0.0556. The van der Waals surface area contributed by atoms with Crippen LogP contribution in [-0.2, 0) is 0 Å². The van der Waals surface area contributed by atoms with E-state index in [0.717, 1.165) is 11.1 Å². The highest BCUT2D eigenvalue weighted by Gasteiger charge is 2.17.